The lowest BCUT2D eigenvalue weighted by atomic mass is 9.88. The molecule has 5 nitrogen and oxygen atoms in total. The number of hydrogen-bond acceptors (Lipinski definition) is 4. The van der Waals surface area contributed by atoms with Crippen LogP contribution in [0.4, 0.5) is 5.69 Å². The number of thiocarbonyl (C=S) groups is 1. The number of carbonyl (C=O) groups is 1. The molecule has 2 aliphatic heterocycles. The van der Waals surface area contributed by atoms with Crippen molar-refractivity contribution in [2.75, 3.05) is 18.0 Å². The topological polar surface area (TPSA) is 60.2 Å². The van der Waals surface area contributed by atoms with Gasteiger partial charge in [-0.1, -0.05) is 24.3 Å². The molecular weight excluding hydrogens is 332 g/mol. The number of amides is 1. The van der Waals surface area contributed by atoms with Gasteiger partial charge in [0.15, 0.2) is 5.82 Å². The first-order valence-corrected chi connectivity index (χ1v) is 8.98. The Labute approximate surface area is 152 Å². The van der Waals surface area contributed by atoms with Crippen LogP contribution in [0.5, 0.6) is 0 Å². The van der Waals surface area contributed by atoms with Crippen molar-refractivity contribution in [2.45, 2.75) is 25.3 Å². The second-order valence-corrected chi connectivity index (χ2v) is 6.68. The van der Waals surface area contributed by atoms with Gasteiger partial charge < -0.3 is 15.2 Å². The lowest BCUT2D eigenvalue weighted by molar-refractivity contribution is 0.0957. The fourth-order valence-electron chi connectivity index (χ4n) is 3.73. The number of nitrogens with one attached hydrogen (secondary N) is 3. The molecule has 0 aliphatic carbocycles. The largest absolute Gasteiger partial charge is 0.355 e. The number of aromatic amines is 1. The highest BCUT2D eigenvalue weighted by Crippen LogP contribution is 2.31. The highest BCUT2D eigenvalue weighted by molar-refractivity contribution is 7.78. The van der Waals surface area contributed by atoms with E-state index in [1.165, 1.54) is 24.0 Å². The molecule has 0 bridgehead atoms. The van der Waals surface area contributed by atoms with E-state index in [4.69, 9.17) is 12.2 Å². The number of hydrogen-bond donors (Lipinski definition) is 3. The molecule has 1 saturated heterocycles. The van der Waals surface area contributed by atoms with Crippen molar-refractivity contribution < 1.29 is 4.79 Å². The Bertz CT molecular complexity index is 847. The van der Waals surface area contributed by atoms with Gasteiger partial charge in [0.05, 0.1) is 12.2 Å². The number of anilines is 1. The van der Waals surface area contributed by atoms with E-state index in [9.17, 15) is 4.79 Å². The number of H-pyrrole nitrogens is 1. The summed E-state index contributed by atoms with van der Waals surface area (Å²) in [5.74, 6) is 0.881. The predicted molar refractivity (Wildman–Crippen MR) is 102 cm³/mol. The summed E-state index contributed by atoms with van der Waals surface area (Å²) < 4.78 is 0. The van der Waals surface area contributed by atoms with Crippen molar-refractivity contribution in [3.05, 3.63) is 59.2 Å². The SMILES string of the molecule is O=C1NC(=C=S)N(Cc2ccccc2C2CCCNC2)c2cc[nH]c21. The molecule has 6 heteroatoms. The summed E-state index contributed by atoms with van der Waals surface area (Å²) in [4.78, 5) is 17.2. The zero-order chi connectivity index (χ0) is 17.2. The smallest absolute Gasteiger partial charge is 0.275 e. The number of benzene rings is 1. The third-order valence-electron chi connectivity index (χ3n) is 4.96. The van der Waals surface area contributed by atoms with Gasteiger partial charge in [-0.3, -0.25) is 10.1 Å². The normalized spacial score (nSPS) is 20.0. The minimum absolute atomic E-state index is 0.173. The maximum atomic E-state index is 12.1. The van der Waals surface area contributed by atoms with Gasteiger partial charge in [0, 0.05) is 12.7 Å². The van der Waals surface area contributed by atoms with Gasteiger partial charge >= 0.3 is 0 Å². The fraction of sp³-hybridized carbons (Fsp3) is 0.316. The van der Waals surface area contributed by atoms with Crippen LogP contribution in [0.15, 0.2) is 42.3 Å². The lowest BCUT2D eigenvalue weighted by Gasteiger charge is -2.32. The molecule has 25 heavy (non-hydrogen) atoms. The molecule has 1 amide bonds. The summed E-state index contributed by atoms with van der Waals surface area (Å²) in [6.07, 6.45) is 4.18. The summed E-state index contributed by atoms with van der Waals surface area (Å²) in [7, 11) is 0. The van der Waals surface area contributed by atoms with Gasteiger partial charge in [-0.05, 0) is 59.7 Å². The molecule has 1 fully saturated rings. The Morgan fingerprint density at radius 1 is 1.28 bits per heavy atom. The van der Waals surface area contributed by atoms with E-state index in [-0.39, 0.29) is 5.91 Å². The van der Waals surface area contributed by atoms with Crippen LogP contribution < -0.4 is 15.5 Å². The number of carbonyl (C=O) groups excluding carboxylic acids is 1. The van der Waals surface area contributed by atoms with Crippen LogP contribution in [0.25, 0.3) is 0 Å². The zero-order valence-corrected chi connectivity index (χ0v) is 14.7. The van der Waals surface area contributed by atoms with Gasteiger partial charge in [-0.15, -0.1) is 0 Å². The Balaban J connectivity index is 1.69. The molecule has 3 N–H and O–H groups in total. The molecule has 3 heterocycles. The molecular formula is C19H20N4OS. The van der Waals surface area contributed by atoms with Crippen LogP contribution >= 0.6 is 12.2 Å². The van der Waals surface area contributed by atoms with Gasteiger partial charge in [0.2, 0.25) is 0 Å². The van der Waals surface area contributed by atoms with Crippen molar-refractivity contribution in [2.24, 2.45) is 0 Å². The Morgan fingerprint density at radius 3 is 2.96 bits per heavy atom. The van der Waals surface area contributed by atoms with Crippen LogP contribution in [0, 0.1) is 0 Å². The first kappa shape index (κ1) is 16.1. The molecule has 0 saturated carbocycles. The van der Waals surface area contributed by atoms with Crippen LogP contribution in [0.1, 0.15) is 40.4 Å². The second-order valence-electron chi connectivity index (χ2n) is 6.47. The first-order valence-electron chi connectivity index (χ1n) is 8.58. The third-order valence-corrected chi connectivity index (χ3v) is 5.16. The number of fused-ring (bicyclic) bond motifs is 1. The maximum absolute atomic E-state index is 12.1. The van der Waals surface area contributed by atoms with Crippen molar-refractivity contribution in [1.29, 1.82) is 0 Å². The average Bonchev–Trinajstić information content (AvgIpc) is 3.15. The van der Waals surface area contributed by atoms with Crippen LogP contribution in [0.2, 0.25) is 0 Å². The highest BCUT2D eigenvalue weighted by atomic mass is 32.1. The minimum atomic E-state index is -0.173. The van der Waals surface area contributed by atoms with Crippen molar-refractivity contribution in [3.63, 3.8) is 0 Å². The van der Waals surface area contributed by atoms with Crippen LogP contribution in [-0.2, 0) is 6.54 Å². The molecule has 2 aromatic rings. The van der Waals surface area contributed by atoms with Gasteiger partial charge in [0.1, 0.15) is 5.69 Å². The van der Waals surface area contributed by atoms with Gasteiger partial charge in [0.25, 0.3) is 5.91 Å². The average molecular weight is 352 g/mol. The summed E-state index contributed by atoms with van der Waals surface area (Å²) in [6, 6.07) is 10.5. The fourth-order valence-corrected chi connectivity index (χ4v) is 3.90. The molecule has 1 aromatic heterocycles. The molecule has 1 unspecified atom stereocenters. The minimum Gasteiger partial charge on any atom is -0.355 e. The highest BCUT2D eigenvalue weighted by Gasteiger charge is 2.29. The van der Waals surface area contributed by atoms with E-state index in [1.54, 1.807) is 6.20 Å². The van der Waals surface area contributed by atoms with E-state index in [0.29, 0.717) is 24.0 Å². The number of aromatic nitrogens is 1. The summed E-state index contributed by atoms with van der Waals surface area (Å²) in [6.45, 7) is 2.76. The van der Waals surface area contributed by atoms with Gasteiger partial charge in [-0.2, -0.15) is 0 Å². The second kappa shape index (κ2) is 6.84. The van der Waals surface area contributed by atoms with Crippen LogP contribution in [-0.4, -0.2) is 29.0 Å². The maximum Gasteiger partial charge on any atom is 0.275 e. The quantitative estimate of drug-likeness (QED) is 0.744. The number of nitrogens with zero attached hydrogens (tertiary/aromatic N) is 1. The monoisotopic (exact) mass is 352 g/mol. The molecule has 128 valence electrons. The Hall–Kier alpha value is -2.40. The molecule has 2 aliphatic rings. The molecule has 4 rings (SSSR count). The van der Waals surface area contributed by atoms with E-state index in [2.05, 4.69) is 44.9 Å². The predicted octanol–water partition coefficient (Wildman–Crippen LogP) is 2.67. The van der Waals surface area contributed by atoms with Crippen LogP contribution in [0.3, 0.4) is 0 Å². The summed E-state index contributed by atoms with van der Waals surface area (Å²) >= 11 is 5.02. The van der Waals surface area contributed by atoms with Crippen molar-refractivity contribution in [3.8, 4) is 0 Å². The zero-order valence-electron chi connectivity index (χ0n) is 13.8. The third kappa shape index (κ3) is 3.00. The number of piperidine rings is 1. The van der Waals surface area contributed by atoms with Gasteiger partial charge in [-0.25, -0.2) is 0 Å². The Kier molecular flexibility index (Phi) is 4.40. The number of rotatable bonds is 3. The summed E-state index contributed by atoms with van der Waals surface area (Å²) in [5.41, 5.74) is 4.02. The summed E-state index contributed by atoms with van der Waals surface area (Å²) in [5, 5.41) is 9.02. The first-order chi connectivity index (χ1) is 12.3. The molecule has 1 atom stereocenters. The van der Waals surface area contributed by atoms with E-state index in [0.717, 1.165) is 18.8 Å². The van der Waals surface area contributed by atoms with Crippen molar-refractivity contribution >= 4 is 28.8 Å². The van der Waals surface area contributed by atoms with E-state index < -0.39 is 0 Å². The van der Waals surface area contributed by atoms with Crippen molar-refractivity contribution in [1.82, 2.24) is 15.6 Å². The Morgan fingerprint density at radius 2 is 2.16 bits per heavy atom. The van der Waals surface area contributed by atoms with E-state index >= 15 is 0 Å². The lowest BCUT2D eigenvalue weighted by Crippen LogP contribution is -2.41. The van der Waals surface area contributed by atoms with E-state index in [1.807, 2.05) is 11.0 Å². The molecule has 1 aromatic carbocycles. The standard InChI is InChI=1S/C19H20N4OS/c24-19-18-16(7-9-21-18)23(17(12-25)22-19)11-14-4-1-2-6-15(14)13-5-3-8-20-10-13/h1-2,4,6-7,9,13,20-21H,3,5,8,10-11H2,(H,22,24). The molecule has 0 spiro atoms. The molecule has 0 radical (unpaired) electrons.